The molecule has 0 radical (unpaired) electrons. The first-order valence-corrected chi connectivity index (χ1v) is 8.10. The Kier molecular flexibility index (Phi) is 4.86. The van der Waals surface area contributed by atoms with Crippen molar-refractivity contribution in [3.8, 4) is 0 Å². The molecule has 1 aromatic heterocycles. The van der Waals surface area contributed by atoms with Crippen LogP contribution in [-0.4, -0.2) is 40.9 Å². The van der Waals surface area contributed by atoms with E-state index in [9.17, 15) is 4.79 Å². The Morgan fingerprint density at radius 3 is 2.48 bits per heavy atom. The number of hydrogen-bond acceptors (Lipinski definition) is 4. The van der Waals surface area contributed by atoms with Crippen LogP contribution in [0.1, 0.15) is 35.3 Å². The summed E-state index contributed by atoms with van der Waals surface area (Å²) in [5.74, 6) is 0.763. The van der Waals surface area contributed by atoms with Gasteiger partial charge in [0.1, 0.15) is 11.5 Å². The van der Waals surface area contributed by atoms with E-state index in [4.69, 9.17) is 0 Å². The van der Waals surface area contributed by atoms with Crippen molar-refractivity contribution in [2.75, 3.05) is 25.0 Å². The van der Waals surface area contributed by atoms with Crippen LogP contribution in [0.2, 0.25) is 0 Å². The van der Waals surface area contributed by atoms with Crippen molar-refractivity contribution >= 4 is 11.7 Å². The lowest BCUT2D eigenvalue weighted by Gasteiger charge is -2.27. The van der Waals surface area contributed by atoms with Crippen molar-refractivity contribution in [3.05, 3.63) is 54.0 Å². The highest BCUT2D eigenvalue weighted by molar-refractivity contribution is 5.91. The molecule has 1 aliphatic heterocycles. The van der Waals surface area contributed by atoms with E-state index in [0.717, 1.165) is 24.5 Å². The van der Waals surface area contributed by atoms with Gasteiger partial charge in [0, 0.05) is 26.7 Å². The highest BCUT2D eigenvalue weighted by Crippen LogP contribution is 2.16. The summed E-state index contributed by atoms with van der Waals surface area (Å²) in [5, 5.41) is 0. The summed E-state index contributed by atoms with van der Waals surface area (Å²) in [4.78, 5) is 25.1. The van der Waals surface area contributed by atoms with Crippen molar-refractivity contribution in [2.45, 2.75) is 25.8 Å². The zero-order valence-electron chi connectivity index (χ0n) is 13.5. The third-order valence-electron chi connectivity index (χ3n) is 4.15. The molecule has 1 amide bonds. The number of carbonyl (C=O) groups excluding carboxylic acids is 1. The van der Waals surface area contributed by atoms with Crippen LogP contribution >= 0.6 is 0 Å². The fourth-order valence-corrected chi connectivity index (χ4v) is 2.84. The van der Waals surface area contributed by atoms with Gasteiger partial charge < -0.3 is 9.80 Å². The number of aromatic nitrogens is 2. The Balaban J connectivity index is 1.65. The maximum Gasteiger partial charge on any atom is 0.274 e. The summed E-state index contributed by atoms with van der Waals surface area (Å²) in [6.45, 7) is 2.61. The number of hydrogen-bond donors (Lipinski definition) is 0. The summed E-state index contributed by atoms with van der Waals surface area (Å²) >= 11 is 0. The summed E-state index contributed by atoms with van der Waals surface area (Å²) in [6, 6.07) is 9.93. The van der Waals surface area contributed by atoms with Gasteiger partial charge in [0.25, 0.3) is 5.91 Å². The van der Waals surface area contributed by atoms with E-state index in [-0.39, 0.29) is 5.91 Å². The molecule has 0 N–H and O–H groups in total. The van der Waals surface area contributed by atoms with Gasteiger partial charge in [-0.3, -0.25) is 4.79 Å². The van der Waals surface area contributed by atoms with E-state index < -0.39 is 0 Å². The van der Waals surface area contributed by atoms with Gasteiger partial charge in [0.05, 0.1) is 12.4 Å². The van der Waals surface area contributed by atoms with Crippen LogP contribution in [0.4, 0.5) is 5.82 Å². The van der Waals surface area contributed by atoms with Crippen LogP contribution in [0.5, 0.6) is 0 Å². The molecule has 2 aromatic rings. The fraction of sp³-hybridized carbons (Fsp3) is 0.389. The van der Waals surface area contributed by atoms with Gasteiger partial charge in [0.2, 0.25) is 0 Å². The number of anilines is 1. The first-order chi connectivity index (χ1) is 11.2. The van der Waals surface area contributed by atoms with Crippen LogP contribution in [0.25, 0.3) is 0 Å². The second kappa shape index (κ2) is 7.22. The van der Waals surface area contributed by atoms with Gasteiger partial charge in [-0.15, -0.1) is 0 Å². The average molecular weight is 310 g/mol. The molecule has 120 valence electrons. The predicted molar refractivity (Wildman–Crippen MR) is 90.3 cm³/mol. The number of amides is 1. The SMILES string of the molecule is CN(Cc1ccccc1)C(=O)c1cnc(N2CCCCC2)cn1. The molecule has 2 heterocycles. The molecular weight excluding hydrogens is 288 g/mol. The van der Waals surface area contributed by atoms with Crippen LogP contribution in [-0.2, 0) is 6.54 Å². The molecule has 0 unspecified atom stereocenters. The highest BCUT2D eigenvalue weighted by atomic mass is 16.2. The van der Waals surface area contributed by atoms with Crippen molar-refractivity contribution in [1.82, 2.24) is 14.9 Å². The molecule has 1 fully saturated rings. The average Bonchev–Trinajstić information content (AvgIpc) is 2.63. The maximum absolute atomic E-state index is 12.4. The van der Waals surface area contributed by atoms with Crippen molar-refractivity contribution < 1.29 is 4.79 Å². The van der Waals surface area contributed by atoms with Gasteiger partial charge in [-0.2, -0.15) is 0 Å². The van der Waals surface area contributed by atoms with E-state index in [1.807, 2.05) is 30.3 Å². The number of nitrogens with zero attached hydrogens (tertiary/aromatic N) is 4. The lowest BCUT2D eigenvalue weighted by atomic mass is 10.1. The van der Waals surface area contributed by atoms with Gasteiger partial charge in [-0.05, 0) is 24.8 Å². The normalized spacial score (nSPS) is 14.6. The second-order valence-electron chi connectivity index (χ2n) is 5.95. The molecule has 5 nitrogen and oxygen atoms in total. The van der Waals surface area contributed by atoms with E-state index >= 15 is 0 Å². The Bertz CT molecular complexity index is 636. The summed E-state index contributed by atoms with van der Waals surface area (Å²) in [5.41, 5.74) is 1.49. The van der Waals surface area contributed by atoms with Crippen LogP contribution in [0, 0.1) is 0 Å². The monoisotopic (exact) mass is 310 g/mol. The Morgan fingerprint density at radius 1 is 1.09 bits per heavy atom. The molecule has 0 aliphatic carbocycles. The van der Waals surface area contributed by atoms with Crippen LogP contribution in [0.15, 0.2) is 42.7 Å². The number of carbonyl (C=O) groups is 1. The highest BCUT2D eigenvalue weighted by Gasteiger charge is 2.16. The van der Waals surface area contributed by atoms with Crippen molar-refractivity contribution in [1.29, 1.82) is 0 Å². The van der Waals surface area contributed by atoms with E-state index in [0.29, 0.717) is 12.2 Å². The third kappa shape index (κ3) is 3.86. The number of piperidine rings is 1. The number of rotatable bonds is 4. The van der Waals surface area contributed by atoms with Crippen LogP contribution in [0.3, 0.4) is 0 Å². The Hall–Kier alpha value is -2.43. The summed E-state index contributed by atoms with van der Waals surface area (Å²) in [7, 11) is 1.79. The molecule has 1 saturated heterocycles. The summed E-state index contributed by atoms with van der Waals surface area (Å²) in [6.07, 6.45) is 6.98. The van der Waals surface area contributed by atoms with Crippen LogP contribution < -0.4 is 4.90 Å². The Labute approximate surface area is 137 Å². The first kappa shape index (κ1) is 15.5. The minimum Gasteiger partial charge on any atom is -0.355 e. The van der Waals surface area contributed by atoms with Gasteiger partial charge in [-0.1, -0.05) is 30.3 Å². The van der Waals surface area contributed by atoms with Gasteiger partial charge in [0.15, 0.2) is 0 Å². The molecule has 0 atom stereocenters. The molecule has 1 aliphatic rings. The maximum atomic E-state index is 12.4. The molecule has 0 saturated carbocycles. The molecule has 23 heavy (non-hydrogen) atoms. The van der Waals surface area contributed by atoms with Crippen molar-refractivity contribution in [2.24, 2.45) is 0 Å². The molecular formula is C18H22N4O. The second-order valence-corrected chi connectivity index (χ2v) is 5.95. The summed E-state index contributed by atoms with van der Waals surface area (Å²) < 4.78 is 0. The van der Waals surface area contributed by atoms with Gasteiger partial charge in [-0.25, -0.2) is 9.97 Å². The quantitative estimate of drug-likeness (QED) is 0.871. The molecule has 1 aromatic carbocycles. The largest absolute Gasteiger partial charge is 0.355 e. The van der Waals surface area contributed by atoms with E-state index in [1.54, 1.807) is 24.3 Å². The zero-order valence-corrected chi connectivity index (χ0v) is 13.5. The molecule has 3 rings (SSSR count). The smallest absolute Gasteiger partial charge is 0.274 e. The minimum absolute atomic E-state index is 0.105. The lowest BCUT2D eigenvalue weighted by Crippen LogP contribution is -2.31. The van der Waals surface area contributed by atoms with Crippen molar-refractivity contribution in [3.63, 3.8) is 0 Å². The zero-order chi connectivity index (χ0) is 16.1. The third-order valence-corrected chi connectivity index (χ3v) is 4.15. The predicted octanol–water partition coefficient (Wildman–Crippen LogP) is 2.74. The van der Waals surface area contributed by atoms with Gasteiger partial charge >= 0.3 is 0 Å². The molecule has 0 spiro atoms. The van der Waals surface area contributed by atoms with E-state index in [2.05, 4.69) is 14.9 Å². The standard InChI is InChI=1S/C18H22N4O/c1-21(14-15-8-4-2-5-9-15)18(23)16-12-20-17(13-19-16)22-10-6-3-7-11-22/h2,4-5,8-9,12-13H,3,6-7,10-11,14H2,1H3. The lowest BCUT2D eigenvalue weighted by molar-refractivity contribution is 0.0779. The minimum atomic E-state index is -0.105. The topological polar surface area (TPSA) is 49.3 Å². The first-order valence-electron chi connectivity index (χ1n) is 8.10. The molecule has 0 bridgehead atoms. The number of benzene rings is 1. The Morgan fingerprint density at radius 2 is 1.83 bits per heavy atom. The molecule has 5 heteroatoms. The fourth-order valence-electron chi connectivity index (χ4n) is 2.84. The van der Waals surface area contributed by atoms with E-state index in [1.165, 1.54) is 19.3 Å².